The lowest BCUT2D eigenvalue weighted by atomic mass is 10.5. The molecule has 0 aliphatic carbocycles. The number of hydrogen-bond donors (Lipinski definition) is 1. The van der Waals surface area contributed by atoms with Crippen molar-refractivity contribution in [3.05, 3.63) is 0 Å². The number of hydrogen-bond acceptors (Lipinski definition) is 1. The summed E-state index contributed by atoms with van der Waals surface area (Å²) in [7, 11) is 0. The highest BCUT2D eigenvalue weighted by Gasteiger charge is 2.24. The molecule has 0 saturated heterocycles. The first-order chi connectivity index (χ1) is 4.48. The van der Waals surface area contributed by atoms with Crippen molar-refractivity contribution in [2.24, 2.45) is 10.7 Å². The fraction of sp³-hybridized carbons (Fsp3) is 0.800. The molecular formula is C5H9Cl3N2. The zero-order valence-corrected chi connectivity index (χ0v) is 7.84. The molecule has 0 aromatic carbocycles. The van der Waals surface area contributed by atoms with Gasteiger partial charge in [0.15, 0.2) is 0 Å². The Hall–Kier alpha value is 0.340. The molecule has 5 heteroatoms. The molecule has 0 radical (unpaired) electrons. The van der Waals surface area contributed by atoms with Crippen LogP contribution in [0.3, 0.4) is 0 Å². The van der Waals surface area contributed by atoms with Crippen molar-refractivity contribution in [1.82, 2.24) is 0 Å². The first-order valence-electron chi connectivity index (χ1n) is 2.85. The summed E-state index contributed by atoms with van der Waals surface area (Å²) in [6.07, 6.45) is 0.890. The van der Waals surface area contributed by atoms with Gasteiger partial charge in [0, 0.05) is 6.54 Å². The maximum atomic E-state index is 5.39. The van der Waals surface area contributed by atoms with Crippen LogP contribution in [-0.2, 0) is 0 Å². The van der Waals surface area contributed by atoms with Gasteiger partial charge in [-0.25, -0.2) is 0 Å². The third kappa shape index (κ3) is 4.20. The van der Waals surface area contributed by atoms with Gasteiger partial charge < -0.3 is 5.73 Å². The Kier molecular flexibility index (Phi) is 4.41. The van der Waals surface area contributed by atoms with Crippen LogP contribution < -0.4 is 5.73 Å². The van der Waals surface area contributed by atoms with Gasteiger partial charge in [0.1, 0.15) is 5.84 Å². The Morgan fingerprint density at radius 2 is 2.00 bits per heavy atom. The van der Waals surface area contributed by atoms with E-state index in [9.17, 15) is 0 Å². The molecule has 0 aliphatic rings. The summed E-state index contributed by atoms with van der Waals surface area (Å²) < 4.78 is -1.55. The number of nitrogens with two attached hydrogens (primary N) is 1. The lowest BCUT2D eigenvalue weighted by molar-refractivity contribution is 0.926. The maximum Gasteiger partial charge on any atom is 0.247 e. The van der Waals surface area contributed by atoms with E-state index in [1.54, 1.807) is 0 Å². The minimum atomic E-state index is -1.55. The van der Waals surface area contributed by atoms with E-state index in [0.29, 0.717) is 6.54 Å². The van der Waals surface area contributed by atoms with E-state index in [2.05, 4.69) is 4.99 Å². The van der Waals surface area contributed by atoms with Crippen molar-refractivity contribution in [1.29, 1.82) is 0 Å². The molecule has 0 spiro atoms. The highest BCUT2D eigenvalue weighted by atomic mass is 35.6. The Morgan fingerprint density at radius 3 is 2.30 bits per heavy atom. The largest absolute Gasteiger partial charge is 0.384 e. The quantitative estimate of drug-likeness (QED) is 0.417. The average Bonchev–Trinajstić information content (AvgIpc) is 1.80. The first-order valence-corrected chi connectivity index (χ1v) is 3.99. The molecule has 10 heavy (non-hydrogen) atoms. The highest BCUT2D eigenvalue weighted by molar-refractivity contribution is 6.76. The normalized spacial score (nSPS) is 13.8. The van der Waals surface area contributed by atoms with Crippen LogP contribution in [0.25, 0.3) is 0 Å². The third-order valence-corrected chi connectivity index (χ3v) is 1.38. The van der Waals surface area contributed by atoms with Crippen molar-refractivity contribution in [3.8, 4) is 0 Å². The number of nitrogens with zero attached hydrogens (tertiary/aromatic N) is 1. The number of amidine groups is 1. The predicted molar refractivity (Wildman–Crippen MR) is 47.1 cm³/mol. The zero-order valence-electron chi connectivity index (χ0n) is 5.57. The lowest BCUT2D eigenvalue weighted by Gasteiger charge is -2.08. The summed E-state index contributed by atoms with van der Waals surface area (Å²) in [5, 5.41) is 0. The Morgan fingerprint density at radius 1 is 1.50 bits per heavy atom. The Labute approximate surface area is 75.3 Å². The van der Waals surface area contributed by atoms with Gasteiger partial charge in [-0.05, 0) is 6.42 Å². The Bertz CT molecular complexity index is 127. The van der Waals surface area contributed by atoms with Gasteiger partial charge in [0.2, 0.25) is 3.79 Å². The third-order valence-electron chi connectivity index (χ3n) is 0.796. The Balaban J connectivity index is 3.93. The topological polar surface area (TPSA) is 38.4 Å². The van der Waals surface area contributed by atoms with Crippen LogP contribution in [0.5, 0.6) is 0 Å². The van der Waals surface area contributed by atoms with E-state index >= 15 is 0 Å². The van der Waals surface area contributed by atoms with Crippen molar-refractivity contribution >= 4 is 40.6 Å². The summed E-state index contributed by atoms with van der Waals surface area (Å²) in [5.74, 6) is 0.0550. The summed E-state index contributed by atoms with van der Waals surface area (Å²) >= 11 is 16.2. The van der Waals surface area contributed by atoms with Gasteiger partial charge in [-0.1, -0.05) is 41.7 Å². The number of rotatable bonds is 2. The van der Waals surface area contributed by atoms with E-state index in [1.165, 1.54) is 0 Å². The second kappa shape index (κ2) is 4.27. The van der Waals surface area contributed by atoms with E-state index in [4.69, 9.17) is 40.5 Å². The van der Waals surface area contributed by atoms with Crippen molar-refractivity contribution in [2.75, 3.05) is 6.54 Å². The van der Waals surface area contributed by atoms with E-state index in [0.717, 1.165) is 6.42 Å². The fourth-order valence-corrected chi connectivity index (χ4v) is 0.501. The van der Waals surface area contributed by atoms with Crippen LogP contribution in [0.1, 0.15) is 13.3 Å². The molecule has 0 bridgehead atoms. The molecule has 0 aromatic rings. The molecular weight excluding hydrogens is 194 g/mol. The second-order valence-corrected chi connectivity index (χ2v) is 4.05. The molecule has 0 unspecified atom stereocenters. The predicted octanol–water partition coefficient (Wildman–Crippen LogP) is 2.12. The molecule has 0 rings (SSSR count). The van der Waals surface area contributed by atoms with Crippen molar-refractivity contribution < 1.29 is 0 Å². The summed E-state index contributed by atoms with van der Waals surface area (Å²) in [6, 6.07) is 0. The fourth-order valence-electron chi connectivity index (χ4n) is 0.322. The lowest BCUT2D eigenvalue weighted by Crippen LogP contribution is -2.28. The maximum absolute atomic E-state index is 5.39. The van der Waals surface area contributed by atoms with Gasteiger partial charge >= 0.3 is 0 Å². The number of alkyl halides is 3. The zero-order chi connectivity index (χ0) is 8.20. The summed E-state index contributed by atoms with van der Waals surface area (Å²) in [6.45, 7) is 2.56. The molecule has 2 N–H and O–H groups in total. The monoisotopic (exact) mass is 202 g/mol. The average molecular weight is 204 g/mol. The van der Waals surface area contributed by atoms with Gasteiger partial charge in [0.25, 0.3) is 0 Å². The minimum Gasteiger partial charge on any atom is -0.384 e. The van der Waals surface area contributed by atoms with Crippen LogP contribution in [0, 0.1) is 0 Å². The standard InChI is InChI=1S/C5H9Cl3N2/c1-2-3-10-4(9)5(6,7)8/h2-3H2,1H3,(H2,9,10). The summed E-state index contributed by atoms with van der Waals surface area (Å²) in [5.41, 5.74) is 5.29. The van der Waals surface area contributed by atoms with Crippen LogP contribution >= 0.6 is 34.8 Å². The first kappa shape index (κ1) is 10.3. The molecule has 0 amide bonds. The smallest absolute Gasteiger partial charge is 0.247 e. The van der Waals surface area contributed by atoms with Crippen molar-refractivity contribution in [2.45, 2.75) is 17.1 Å². The van der Waals surface area contributed by atoms with E-state index < -0.39 is 3.79 Å². The minimum absolute atomic E-state index is 0.0550. The number of aliphatic imine (C=N–C) groups is 1. The molecule has 0 atom stereocenters. The van der Waals surface area contributed by atoms with Crippen LogP contribution in [0.15, 0.2) is 4.99 Å². The molecule has 60 valence electrons. The van der Waals surface area contributed by atoms with Gasteiger partial charge in [-0.2, -0.15) is 0 Å². The van der Waals surface area contributed by atoms with Gasteiger partial charge in [0.05, 0.1) is 0 Å². The molecule has 0 aliphatic heterocycles. The molecule has 0 saturated carbocycles. The second-order valence-electron chi connectivity index (χ2n) is 1.76. The highest BCUT2D eigenvalue weighted by Crippen LogP contribution is 2.25. The van der Waals surface area contributed by atoms with Crippen LogP contribution in [0.2, 0.25) is 0 Å². The van der Waals surface area contributed by atoms with Crippen molar-refractivity contribution in [3.63, 3.8) is 0 Å². The van der Waals surface area contributed by atoms with Crippen LogP contribution in [-0.4, -0.2) is 16.2 Å². The van der Waals surface area contributed by atoms with E-state index in [-0.39, 0.29) is 5.84 Å². The molecule has 2 nitrogen and oxygen atoms in total. The summed E-state index contributed by atoms with van der Waals surface area (Å²) in [4.78, 5) is 3.81. The van der Waals surface area contributed by atoms with Gasteiger partial charge in [-0.3, -0.25) is 4.99 Å². The molecule has 0 heterocycles. The molecule has 0 fully saturated rings. The van der Waals surface area contributed by atoms with E-state index in [1.807, 2.05) is 6.92 Å². The number of halogens is 3. The molecule has 0 aromatic heterocycles. The SMILES string of the molecule is CCCN=C(N)C(Cl)(Cl)Cl. The van der Waals surface area contributed by atoms with Crippen LogP contribution in [0.4, 0.5) is 0 Å². The van der Waals surface area contributed by atoms with Gasteiger partial charge in [-0.15, -0.1) is 0 Å².